The summed E-state index contributed by atoms with van der Waals surface area (Å²) in [5.74, 6) is 1.12. The molecule has 0 bridgehead atoms. The molecule has 5 nitrogen and oxygen atoms in total. The summed E-state index contributed by atoms with van der Waals surface area (Å²) >= 11 is 0. The Hall–Kier alpha value is -1.46. The van der Waals surface area contributed by atoms with Gasteiger partial charge in [-0.2, -0.15) is 0 Å². The number of benzene rings is 1. The smallest absolute Gasteiger partial charge is 0.320 e. The molecule has 0 saturated carbocycles. The SMILES string of the molecule is CCCCCCOc1ccc2c(c1)OCC21CCN(C(CC)C(=O)O)CC1.Cl. The van der Waals surface area contributed by atoms with Crippen molar-refractivity contribution < 1.29 is 19.4 Å². The maximum absolute atomic E-state index is 11.4. The fourth-order valence-electron chi connectivity index (χ4n) is 4.43. The molecule has 158 valence electrons. The van der Waals surface area contributed by atoms with Crippen LogP contribution in [-0.2, 0) is 10.2 Å². The number of rotatable bonds is 9. The molecule has 1 aromatic rings. The van der Waals surface area contributed by atoms with E-state index in [2.05, 4.69) is 24.0 Å². The van der Waals surface area contributed by atoms with Crippen LogP contribution in [0.1, 0.15) is 64.4 Å². The predicted molar refractivity (Wildman–Crippen MR) is 113 cm³/mol. The third-order valence-corrected chi connectivity index (χ3v) is 6.16. The third-order valence-electron chi connectivity index (χ3n) is 6.16. The summed E-state index contributed by atoms with van der Waals surface area (Å²) < 4.78 is 11.9. The molecule has 1 atom stereocenters. The molecular weight excluding hydrogens is 378 g/mol. The van der Waals surface area contributed by atoms with Gasteiger partial charge in [0.2, 0.25) is 0 Å². The van der Waals surface area contributed by atoms with Gasteiger partial charge in [0.15, 0.2) is 0 Å². The van der Waals surface area contributed by atoms with Crippen molar-refractivity contribution in [2.45, 2.75) is 70.3 Å². The highest BCUT2D eigenvalue weighted by atomic mass is 35.5. The summed E-state index contributed by atoms with van der Waals surface area (Å²) in [6.45, 7) is 7.23. The molecule has 2 aliphatic heterocycles. The fourth-order valence-corrected chi connectivity index (χ4v) is 4.43. The van der Waals surface area contributed by atoms with Crippen LogP contribution >= 0.6 is 12.4 Å². The molecular formula is C22H34ClNO4. The van der Waals surface area contributed by atoms with Gasteiger partial charge < -0.3 is 14.6 Å². The number of carboxylic acid groups (broad SMARTS) is 1. The number of ether oxygens (including phenoxy) is 2. The number of hydrogen-bond donors (Lipinski definition) is 1. The van der Waals surface area contributed by atoms with Crippen molar-refractivity contribution in [2.24, 2.45) is 0 Å². The van der Waals surface area contributed by atoms with Crippen molar-refractivity contribution in [3.8, 4) is 11.5 Å². The number of carboxylic acids is 1. The summed E-state index contributed by atoms with van der Waals surface area (Å²) in [7, 11) is 0. The average molecular weight is 412 g/mol. The van der Waals surface area contributed by atoms with Gasteiger partial charge in [-0.1, -0.05) is 39.2 Å². The van der Waals surface area contributed by atoms with Crippen molar-refractivity contribution in [1.29, 1.82) is 0 Å². The summed E-state index contributed by atoms with van der Waals surface area (Å²) in [4.78, 5) is 13.6. The largest absolute Gasteiger partial charge is 0.493 e. The Morgan fingerprint density at radius 1 is 1.25 bits per heavy atom. The van der Waals surface area contributed by atoms with E-state index in [1.165, 1.54) is 24.8 Å². The summed E-state index contributed by atoms with van der Waals surface area (Å²) in [5, 5.41) is 9.41. The normalized spacial score (nSPS) is 18.8. The molecule has 2 aliphatic rings. The van der Waals surface area contributed by atoms with Crippen molar-refractivity contribution in [3.63, 3.8) is 0 Å². The van der Waals surface area contributed by atoms with E-state index in [0.717, 1.165) is 50.5 Å². The number of fused-ring (bicyclic) bond motifs is 2. The van der Waals surface area contributed by atoms with E-state index in [4.69, 9.17) is 9.47 Å². The van der Waals surface area contributed by atoms with Gasteiger partial charge in [0, 0.05) is 17.0 Å². The zero-order valence-electron chi connectivity index (χ0n) is 17.1. The Labute approximate surface area is 174 Å². The fraction of sp³-hybridized carbons (Fsp3) is 0.682. The van der Waals surface area contributed by atoms with E-state index in [1.54, 1.807) is 0 Å². The van der Waals surface area contributed by atoms with Crippen LogP contribution in [0.25, 0.3) is 0 Å². The Bertz CT molecular complexity index is 643. The van der Waals surface area contributed by atoms with Gasteiger partial charge in [-0.3, -0.25) is 9.69 Å². The second-order valence-corrected chi connectivity index (χ2v) is 7.93. The number of unbranched alkanes of at least 4 members (excludes halogenated alkanes) is 3. The lowest BCUT2D eigenvalue weighted by molar-refractivity contribution is -0.144. The van der Waals surface area contributed by atoms with Crippen LogP contribution in [0.4, 0.5) is 0 Å². The molecule has 0 aromatic heterocycles. The van der Waals surface area contributed by atoms with E-state index in [1.807, 2.05) is 13.0 Å². The summed E-state index contributed by atoms with van der Waals surface area (Å²) in [6.07, 6.45) is 7.34. The topological polar surface area (TPSA) is 59.0 Å². The number of nitrogens with zero attached hydrogens (tertiary/aromatic N) is 1. The lowest BCUT2D eigenvalue weighted by Gasteiger charge is -2.40. The lowest BCUT2D eigenvalue weighted by Crippen LogP contribution is -2.50. The predicted octanol–water partition coefficient (Wildman–Crippen LogP) is 4.66. The van der Waals surface area contributed by atoms with Gasteiger partial charge in [0.25, 0.3) is 0 Å². The molecule has 0 radical (unpaired) electrons. The van der Waals surface area contributed by atoms with Crippen molar-refractivity contribution in [2.75, 3.05) is 26.3 Å². The highest BCUT2D eigenvalue weighted by Gasteiger charge is 2.44. The molecule has 1 saturated heterocycles. The monoisotopic (exact) mass is 411 g/mol. The van der Waals surface area contributed by atoms with Crippen molar-refractivity contribution >= 4 is 18.4 Å². The molecule has 0 amide bonds. The number of aliphatic carboxylic acids is 1. The molecule has 2 heterocycles. The number of likely N-dealkylation sites (tertiary alicyclic amines) is 1. The van der Waals surface area contributed by atoms with Crippen LogP contribution in [0, 0.1) is 0 Å². The summed E-state index contributed by atoms with van der Waals surface area (Å²) in [6, 6.07) is 5.89. The van der Waals surface area contributed by atoms with Crippen molar-refractivity contribution in [1.82, 2.24) is 4.90 Å². The first-order chi connectivity index (χ1) is 13.1. The van der Waals surface area contributed by atoms with Crippen LogP contribution in [0.3, 0.4) is 0 Å². The minimum atomic E-state index is -0.711. The Morgan fingerprint density at radius 3 is 2.64 bits per heavy atom. The van der Waals surface area contributed by atoms with Gasteiger partial charge >= 0.3 is 5.97 Å². The second-order valence-electron chi connectivity index (χ2n) is 7.93. The quantitative estimate of drug-likeness (QED) is 0.599. The zero-order valence-corrected chi connectivity index (χ0v) is 17.9. The molecule has 1 N–H and O–H groups in total. The van der Waals surface area contributed by atoms with Gasteiger partial charge in [-0.15, -0.1) is 12.4 Å². The van der Waals surface area contributed by atoms with E-state index >= 15 is 0 Å². The molecule has 1 spiro atoms. The van der Waals surface area contributed by atoms with Gasteiger partial charge in [0.1, 0.15) is 17.5 Å². The highest BCUT2D eigenvalue weighted by Crippen LogP contribution is 2.47. The minimum Gasteiger partial charge on any atom is -0.493 e. The first-order valence-electron chi connectivity index (χ1n) is 10.5. The van der Waals surface area contributed by atoms with Crippen LogP contribution in [0.5, 0.6) is 11.5 Å². The molecule has 0 aliphatic carbocycles. The molecule has 1 fully saturated rings. The molecule has 1 aromatic carbocycles. The highest BCUT2D eigenvalue weighted by molar-refractivity contribution is 5.85. The second kappa shape index (κ2) is 10.4. The minimum absolute atomic E-state index is 0. The van der Waals surface area contributed by atoms with E-state index in [9.17, 15) is 9.90 Å². The van der Waals surface area contributed by atoms with E-state index in [0.29, 0.717) is 13.0 Å². The number of carbonyl (C=O) groups is 1. The average Bonchev–Trinajstić information content (AvgIpc) is 3.01. The van der Waals surface area contributed by atoms with E-state index < -0.39 is 5.97 Å². The van der Waals surface area contributed by atoms with Crippen LogP contribution in [0.2, 0.25) is 0 Å². The number of piperidine rings is 1. The van der Waals surface area contributed by atoms with Crippen LogP contribution in [0.15, 0.2) is 18.2 Å². The third kappa shape index (κ3) is 4.93. The standard InChI is InChI=1S/C22H33NO4.ClH/c1-3-5-6-7-14-26-17-8-9-18-20(15-17)27-16-22(18)10-12-23(13-11-22)19(4-2)21(24)25;/h8-9,15,19H,3-7,10-14,16H2,1-2H3,(H,24,25);1H. The maximum atomic E-state index is 11.4. The molecule has 1 unspecified atom stereocenters. The maximum Gasteiger partial charge on any atom is 0.320 e. The Kier molecular flexibility index (Phi) is 8.44. The van der Waals surface area contributed by atoms with Crippen molar-refractivity contribution in [3.05, 3.63) is 23.8 Å². The molecule has 6 heteroatoms. The van der Waals surface area contributed by atoms with Gasteiger partial charge in [0.05, 0.1) is 13.2 Å². The summed E-state index contributed by atoms with van der Waals surface area (Å²) in [5.41, 5.74) is 1.30. The van der Waals surface area contributed by atoms with E-state index in [-0.39, 0.29) is 23.9 Å². The van der Waals surface area contributed by atoms with Gasteiger partial charge in [-0.25, -0.2) is 0 Å². The zero-order chi connectivity index (χ0) is 19.3. The number of hydrogen-bond acceptors (Lipinski definition) is 4. The lowest BCUT2D eigenvalue weighted by atomic mass is 9.74. The first-order valence-corrected chi connectivity index (χ1v) is 10.5. The number of halogens is 1. The molecule has 3 rings (SSSR count). The van der Waals surface area contributed by atoms with Gasteiger partial charge in [-0.05, 0) is 44.8 Å². The first kappa shape index (κ1) is 22.8. The van der Waals surface area contributed by atoms with Crippen LogP contribution in [-0.4, -0.2) is 48.3 Å². The Morgan fingerprint density at radius 2 is 2.00 bits per heavy atom. The Balaban J connectivity index is 0.00000280. The van der Waals surface area contributed by atoms with Crippen LogP contribution < -0.4 is 9.47 Å². The molecule has 28 heavy (non-hydrogen) atoms.